The average Bonchev–Trinajstić information content (AvgIpc) is 3.12. The van der Waals surface area contributed by atoms with Crippen molar-refractivity contribution >= 4 is 17.5 Å². The van der Waals surface area contributed by atoms with Gasteiger partial charge in [-0.1, -0.05) is 12.1 Å². The minimum atomic E-state index is 0.0962. The maximum Gasteiger partial charge on any atom is 0.253 e. The number of hydrogen-bond acceptors (Lipinski definition) is 1. The summed E-state index contributed by atoms with van der Waals surface area (Å²) in [7, 11) is 1.87. The van der Waals surface area contributed by atoms with E-state index in [1.165, 1.54) is 12.8 Å². The van der Waals surface area contributed by atoms with Crippen LogP contribution in [0.1, 0.15) is 28.8 Å². The van der Waals surface area contributed by atoms with E-state index in [1.54, 1.807) is 0 Å². The molecule has 2 rings (SSSR count). The maximum absolute atomic E-state index is 12.1. The third-order valence-corrected chi connectivity index (χ3v) is 3.21. The largest absolute Gasteiger partial charge is 0.341 e. The molecule has 0 radical (unpaired) electrons. The summed E-state index contributed by atoms with van der Waals surface area (Å²) in [5.74, 6) is 1.28. The smallest absolute Gasteiger partial charge is 0.253 e. The maximum atomic E-state index is 12.1. The number of amides is 1. The molecule has 1 saturated carbocycles. The molecule has 0 spiro atoms. The molecule has 0 unspecified atom stereocenters. The van der Waals surface area contributed by atoms with Gasteiger partial charge in [-0.3, -0.25) is 4.79 Å². The van der Waals surface area contributed by atoms with Crippen molar-refractivity contribution in [3.63, 3.8) is 0 Å². The molecule has 1 fully saturated rings. The average molecular weight is 238 g/mol. The Bertz CT molecular complexity index is 387. The van der Waals surface area contributed by atoms with Crippen LogP contribution in [-0.2, 0) is 5.88 Å². The van der Waals surface area contributed by atoms with Gasteiger partial charge in [-0.2, -0.15) is 0 Å². The van der Waals surface area contributed by atoms with Crippen LogP contribution in [-0.4, -0.2) is 24.4 Å². The first-order chi connectivity index (χ1) is 7.70. The summed E-state index contributed by atoms with van der Waals surface area (Å²) in [6.45, 7) is 0.879. The molecule has 0 saturated heterocycles. The molecule has 0 aliphatic heterocycles. The number of rotatable bonds is 4. The van der Waals surface area contributed by atoms with Gasteiger partial charge in [0.25, 0.3) is 5.91 Å². The van der Waals surface area contributed by atoms with Crippen molar-refractivity contribution in [1.29, 1.82) is 0 Å². The lowest BCUT2D eigenvalue weighted by atomic mass is 10.1. The molecular weight excluding hydrogens is 222 g/mol. The highest BCUT2D eigenvalue weighted by molar-refractivity contribution is 6.17. The predicted molar refractivity (Wildman–Crippen MR) is 65.7 cm³/mol. The van der Waals surface area contributed by atoms with Gasteiger partial charge in [-0.05, 0) is 36.5 Å². The summed E-state index contributed by atoms with van der Waals surface area (Å²) in [4.78, 5) is 13.9. The molecule has 0 aromatic heterocycles. The lowest BCUT2D eigenvalue weighted by Gasteiger charge is -2.17. The van der Waals surface area contributed by atoms with Crippen LogP contribution in [0.2, 0.25) is 0 Å². The first-order valence-electron chi connectivity index (χ1n) is 5.61. The van der Waals surface area contributed by atoms with Gasteiger partial charge >= 0.3 is 0 Å². The van der Waals surface area contributed by atoms with E-state index in [0.29, 0.717) is 5.88 Å². The third kappa shape index (κ3) is 2.76. The van der Waals surface area contributed by atoms with Gasteiger partial charge in [0.2, 0.25) is 0 Å². The monoisotopic (exact) mass is 237 g/mol. The summed E-state index contributed by atoms with van der Waals surface area (Å²) in [6, 6.07) is 7.54. The summed E-state index contributed by atoms with van der Waals surface area (Å²) >= 11 is 5.75. The van der Waals surface area contributed by atoms with Gasteiger partial charge in [0.05, 0.1) is 0 Å². The number of carbonyl (C=O) groups excluding carboxylic acids is 1. The lowest BCUT2D eigenvalue weighted by Crippen LogP contribution is -2.28. The quantitative estimate of drug-likeness (QED) is 0.738. The van der Waals surface area contributed by atoms with Crippen LogP contribution in [0, 0.1) is 5.92 Å². The van der Waals surface area contributed by atoms with Crippen molar-refractivity contribution in [3.8, 4) is 0 Å². The number of alkyl halides is 1. The topological polar surface area (TPSA) is 20.3 Å². The van der Waals surface area contributed by atoms with Gasteiger partial charge < -0.3 is 4.90 Å². The molecule has 1 aromatic rings. The van der Waals surface area contributed by atoms with E-state index in [9.17, 15) is 4.79 Å². The van der Waals surface area contributed by atoms with Crippen molar-refractivity contribution in [3.05, 3.63) is 35.4 Å². The summed E-state index contributed by atoms with van der Waals surface area (Å²) in [5, 5.41) is 0. The van der Waals surface area contributed by atoms with Crippen LogP contribution in [0.4, 0.5) is 0 Å². The number of benzene rings is 1. The van der Waals surface area contributed by atoms with Crippen molar-refractivity contribution in [2.45, 2.75) is 18.7 Å². The fourth-order valence-corrected chi connectivity index (χ4v) is 1.94. The summed E-state index contributed by atoms with van der Waals surface area (Å²) in [5.41, 5.74) is 1.73. The van der Waals surface area contributed by atoms with Crippen molar-refractivity contribution in [2.24, 2.45) is 5.92 Å². The molecule has 0 heterocycles. The van der Waals surface area contributed by atoms with Crippen LogP contribution < -0.4 is 0 Å². The standard InChI is InChI=1S/C13H16ClNO/c1-15(9-10-5-6-10)13(16)12-4-2-3-11(7-12)8-14/h2-4,7,10H,5-6,8-9H2,1H3. The second-order valence-corrected chi connectivity index (χ2v) is 4.73. The zero-order valence-corrected chi connectivity index (χ0v) is 10.2. The van der Waals surface area contributed by atoms with E-state index in [2.05, 4.69) is 0 Å². The first-order valence-corrected chi connectivity index (χ1v) is 6.14. The van der Waals surface area contributed by atoms with E-state index in [1.807, 2.05) is 36.2 Å². The van der Waals surface area contributed by atoms with E-state index < -0.39 is 0 Å². The van der Waals surface area contributed by atoms with Crippen LogP contribution in [0.3, 0.4) is 0 Å². The Balaban J connectivity index is 2.06. The Morgan fingerprint density at radius 2 is 2.25 bits per heavy atom. The number of halogens is 1. The minimum Gasteiger partial charge on any atom is -0.341 e. The van der Waals surface area contributed by atoms with E-state index in [4.69, 9.17) is 11.6 Å². The SMILES string of the molecule is CN(CC1CC1)C(=O)c1cccc(CCl)c1. The second-order valence-electron chi connectivity index (χ2n) is 4.46. The van der Waals surface area contributed by atoms with Gasteiger partial charge in [-0.25, -0.2) is 0 Å². The molecule has 3 heteroatoms. The normalized spacial score (nSPS) is 14.9. The Labute approximate surface area is 101 Å². The molecule has 16 heavy (non-hydrogen) atoms. The Morgan fingerprint density at radius 3 is 2.88 bits per heavy atom. The van der Waals surface area contributed by atoms with Crippen LogP contribution in [0.5, 0.6) is 0 Å². The highest BCUT2D eigenvalue weighted by Gasteiger charge is 2.25. The zero-order valence-electron chi connectivity index (χ0n) is 9.45. The lowest BCUT2D eigenvalue weighted by molar-refractivity contribution is 0.0788. The molecule has 1 aliphatic rings. The van der Waals surface area contributed by atoms with Crippen LogP contribution in [0.25, 0.3) is 0 Å². The molecule has 0 atom stereocenters. The molecular formula is C13H16ClNO. The van der Waals surface area contributed by atoms with E-state index in [0.717, 1.165) is 23.6 Å². The molecule has 86 valence electrons. The van der Waals surface area contributed by atoms with Gasteiger partial charge in [0.15, 0.2) is 0 Å². The Morgan fingerprint density at radius 1 is 1.50 bits per heavy atom. The van der Waals surface area contributed by atoms with Gasteiger partial charge in [0.1, 0.15) is 0 Å². The van der Waals surface area contributed by atoms with Crippen LogP contribution in [0.15, 0.2) is 24.3 Å². The Hall–Kier alpha value is -1.02. The molecule has 1 aliphatic carbocycles. The van der Waals surface area contributed by atoms with Crippen molar-refractivity contribution < 1.29 is 4.79 Å². The third-order valence-electron chi connectivity index (χ3n) is 2.90. The molecule has 0 N–H and O–H groups in total. The fraction of sp³-hybridized carbons (Fsp3) is 0.462. The molecule has 1 aromatic carbocycles. The number of hydrogen-bond donors (Lipinski definition) is 0. The highest BCUT2D eigenvalue weighted by Crippen LogP contribution is 2.29. The molecule has 0 bridgehead atoms. The predicted octanol–water partition coefficient (Wildman–Crippen LogP) is 2.91. The van der Waals surface area contributed by atoms with Crippen molar-refractivity contribution in [1.82, 2.24) is 4.90 Å². The summed E-state index contributed by atoms with van der Waals surface area (Å²) in [6.07, 6.45) is 2.53. The highest BCUT2D eigenvalue weighted by atomic mass is 35.5. The van der Waals surface area contributed by atoms with Gasteiger partial charge in [-0.15, -0.1) is 11.6 Å². The molecule has 2 nitrogen and oxygen atoms in total. The number of carbonyl (C=O) groups is 1. The van der Waals surface area contributed by atoms with E-state index in [-0.39, 0.29) is 5.91 Å². The Kier molecular flexibility index (Phi) is 3.49. The zero-order chi connectivity index (χ0) is 11.5. The fourth-order valence-electron chi connectivity index (χ4n) is 1.78. The molecule has 1 amide bonds. The number of nitrogens with zero attached hydrogens (tertiary/aromatic N) is 1. The minimum absolute atomic E-state index is 0.0962. The van der Waals surface area contributed by atoms with Crippen molar-refractivity contribution in [2.75, 3.05) is 13.6 Å². The van der Waals surface area contributed by atoms with Crippen LogP contribution >= 0.6 is 11.6 Å². The van der Waals surface area contributed by atoms with Gasteiger partial charge in [0, 0.05) is 25.0 Å². The second kappa shape index (κ2) is 4.88. The van der Waals surface area contributed by atoms with E-state index >= 15 is 0 Å². The first kappa shape index (κ1) is 11.5. The summed E-state index contributed by atoms with van der Waals surface area (Å²) < 4.78 is 0.